The van der Waals surface area contributed by atoms with Gasteiger partial charge in [-0.2, -0.15) is 0 Å². The highest BCUT2D eigenvalue weighted by Crippen LogP contribution is 2.18. The van der Waals surface area contributed by atoms with E-state index < -0.39 is 5.60 Å². The number of carbonyl (C=O) groups excluding carboxylic acids is 2. The van der Waals surface area contributed by atoms with Crippen LogP contribution in [0.25, 0.3) is 0 Å². The van der Waals surface area contributed by atoms with Crippen molar-refractivity contribution in [2.75, 3.05) is 20.1 Å². The van der Waals surface area contributed by atoms with Crippen LogP contribution < -0.4 is 5.32 Å². The third-order valence-corrected chi connectivity index (χ3v) is 5.40. The number of amides is 1. The summed E-state index contributed by atoms with van der Waals surface area (Å²) < 4.78 is 10.9. The van der Waals surface area contributed by atoms with Gasteiger partial charge in [-0.15, -0.1) is 0 Å². The van der Waals surface area contributed by atoms with Gasteiger partial charge in [0, 0.05) is 6.54 Å². The normalized spacial score (nSPS) is 14.6. The highest BCUT2D eigenvalue weighted by atomic mass is 16.6. The zero-order valence-corrected chi connectivity index (χ0v) is 20.4. The molecule has 0 saturated heterocycles. The van der Waals surface area contributed by atoms with Crippen LogP contribution in [0.4, 0.5) is 4.79 Å². The predicted octanol–water partition coefficient (Wildman–Crippen LogP) is 5.02. The number of rotatable bonds is 12. The van der Waals surface area contributed by atoms with Gasteiger partial charge in [0.2, 0.25) is 0 Å². The summed E-state index contributed by atoms with van der Waals surface area (Å²) in [5, 5.41) is 2.81. The minimum absolute atomic E-state index is 0.167. The van der Waals surface area contributed by atoms with Crippen LogP contribution in [0.15, 0.2) is 30.3 Å². The molecule has 0 spiro atoms. The van der Waals surface area contributed by atoms with Crippen LogP contribution >= 0.6 is 0 Å². The molecule has 3 atom stereocenters. The highest BCUT2D eigenvalue weighted by molar-refractivity contribution is 5.76. The number of alkyl carbamates (subject to hydrolysis) is 1. The van der Waals surface area contributed by atoms with E-state index in [4.69, 9.17) is 9.47 Å². The van der Waals surface area contributed by atoms with Crippen LogP contribution in [0.1, 0.15) is 66.4 Å². The second kappa shape index (κ2) is 13.4. The molecule has 1 rings (SSSR count). The Bertz CT molecular complexity index is 657. The van der Waals surface area contributed by atoms with Gasteiger partial charge in [-0.25, -0.2) is 4.79 Å². The lowest BCUT2D eigenvalue weighted by molar-refractivity contribution is -0.153. The third kappa shape index (κ3) is 11.2. The number of benzene rings is 1. The first kappa shape index (κ1) is 27.0. The lowest BCUT2D eigenvalue weighted by Crippen LogP contribution is -2.44. The van der Waals surface area contributed by atoms with Crippen LogP contribution in [0.3, 0.4) is 0 Å². The quantitative estimate of drug-likeness (QED) is 0.468. The van der Waals surface area contributed by atoms with E-state index >= 15 is 0 Å². The highest BCUT2D eigenvalue weighted by Gasteiger charge is 2.29. The Morgan fingerprint density at radius 1 is 1.10 bits per heavy atom. The van der Waals surface area contributed by atoms with Crippen molar-refractivity contribution in [3.63, 3.8) is 0 Å². The molecule has 0 saturated carbocycles. The molecule has 0 bridgehead atoms. The van der Waals surface area contributed by atoms with Crippen molar-refractivity contribution in [3.05, 3.63) is 35.9 Å². The molecule has 6 nitrogen and oxygen atoms in total. The summed E-state index contributed by atoms with van der Waals surface area (Å²) in [6.45, 7) is 13.6. The largest absolute Gasteiger partial charge is 0.460 e. The molecule has 6 heteroatoms. The summed E-state index contributed by atoms with van der Waals surface area (Å²) in [6.07, 6.45) is 2.32. The van der Waals surface area contributed by atoms with E-state index in [1.54, 1.807) is 0 Å². The summed E-state index contributed by atoms with van der Waals surface area (Å²) >= 11 is 0. The van der Waals surface area contributed by atoms with Crippen molar-refractivity contribution in [2.24, 2.45) is 11.8 Å². The molecule has 0 aliphatic heterocycles. The topological polar surface area (TPSA) is 67.9 Å². The predicted molar refractivity (Wildman–Crippen MR) is 125 cm³/mol. The second-order valence-electron chi connectivity index (χ2n) is 9.52. The molecule has 1 aromatic rings. The van der Waals surface area contributed by atoms with Gasteiger partial charge < -0.3 is 14.8 Å². The summed E-state index contributed by atoms with van der Waals surface area (Å²) in [4.78, 5) is 26.7. The molecular formula is C25H42N2O4. The SMILES string of the molecule is CC[C@H](C)[C@@H](C(=O)OCc1ccccc1)N(C)CC[C@H](C)CCNC(=O)OC(C)(C)C. The van der Waals surface area contributed by atoms with Crippen LogP contribution in [0.5, 0.6) is 0 Å². The molecule has 0 heterocycles. The molecule has 1 N–H and O–H groups in total. The van der Waals surface area contributed by atoms with Gasteiger partial charge in [0.05, 0.1) is 0 Å². The maximum absolute atomic E-state index is 12.8. The molecule has 0 unspecified atom stereocenters. The van der Waals surface area contributed by atoms with E-state index in [2.05, 4.69) is 31.0 Å². The van der Waals surface area contributed by atoms with Crippen molar-refractivity contribution in [2.45, 2.75) is 79.1 Å². The molecule has 0 aromatic heterocycles. The van der Waals surface area contributed by atoms with E-state index in [0.717, 1.165) is 31.4 Å². The fourth-order valence-corrected chi connectivity index (χ4v) is 3.33. The zero-order chi connectivity index (χ0) is 23.4. The first-order valence-electron chi connectivity index (χ1n) is 11.4. The lowest BCUT2D eigenvalue weighted by Gasteiger charge is -2.31. The Balaban J connectivity index is 2.47. The molecule has 31 heavy (non-hydrogen) atoms. The Morgan fingerprint density at radius 2 is 1.74 bits per heavy atom. The van der Waals surface area contributed by atoms with E-state index in [0.29, 0.717) is 19.1 Å². The van der Waals surface area contributed by atoms with Gasteiger partial charge in [0.1, 0.15) is 18.2 Å². The van der Waals surface area contributed by atoms with Gasteiger partial charge in [0.25, 0.3) is 0 Å². The van der Waals surface area contributed by atoms with Gasteiger partial charge >= 0.3 is 12.1 Å². The minimum Gasteiger partial charge on any atom is -0.460 e. The van der Waals surface area contributed by atoms with Crippen molar-refractivity contribution < 1.29 is 19.1 Å². The molecule has 0 fully saturated rings. The van der Waals surface area contributed by atoms with Crippen LogP contribution in [0.2, 0.25) is 0 Å². The molecule has 0 aliphatic carbocycles. The van der Waals surface area contributed by atoms with Crippen LogP contribution in [0, 0.1) is 11.8 Å². The maximum atomic E-state index is 12.8. The average molecular weight is 435 g/mol. The number of hydrogen-bond donors (Lipinski definition) is 1. The summed E-state index contributed by atoms with van der Waals surface area (Å²) in [5.74, 6) is 0.452. The van der Waals surface area contributed by atoms with Gasteiger partial charge in [-0.3, -0.25) is 9.69 Å². The minimum atomic E-state index is -0.488. The number of nitrogens with one attached hydrogen (secondary N) is 1. The van der Waals surface area contributed by atoms with Crippen LogP contribution in [-0.4, -0.2) is 48.7 Å². The standard InChI is InChI=1S/C25H42N2O4/c1-8-20(3)22(23(28)30-18-21-12-10-9-11-13-21)27(7)17-15-19(2)14-16-26-24(29)31-25(4,5)6/h9-13,19-20,22H,8,14-18H2,1-7H3,(H,26,29)/t19-,20+,22+/m1/s1. The number of ether oxygens (including phenoxy) is 2. The molecule has 0 aliphatic rings. The average Bonchev–Trinajstić information content (AvgIpc) is 2.70. The summed E-state index contributed by atoms with van der Waals surface area (Å²) in [7, 11) is 1.99. The number of likely N-dealkylation sites (N-methyl/N-ethyl adjacent to an activating group) is 1. The van der Waals surface area contributed by atoms with E-state index in [9.17, 15) is 9.59 Å². The Kier molecular flexibility index (Phi) is 11.6. The molecule has 1 aromatic carbocycles. The molecular weight excluding hydrogens is 392 g/mol. The van der Waals surface area contributed by atoms with Crippen molar-refractivity contribution in [1.29, 1.82) is 0 Å². The van der Waals surface area contributed by atoms with Crippen molar-refractivity contribution in [3.8, 4) is 0 Å². The Hall–Kier alpha value is -2.08. The van der Waals surface area contributed by atoms with E-state index in [-0.39, 0.29) is 24.0 Å². The fraction of sp³-hybridized carbons (Fsp3) is 0.680. The van der Waals surface area contributed by atoms with E-state index in [1.165, 1.54) is 0 Å². The maximum Gasteiger partial charge on any atom is 0.407 e. The summed E-state index contributed by atoms with van der Waals surface area (Å²) in [6, 6.07) is 9.50. The summed E-state index contributed by atoms with van der Waals surface area (Å²) in [5.41, 5.74) is 0.505. The fourth-order valence-electron chi connectivity index (χ4n) is 3.33. The van der Waals surface area contributed by atoms with Crippen LogP contribution in [-0.2, 0) is 20.9 Å². The third-order valence-electron chi connectivity index (χ3n) is 5.40. The number of hydrogen-bond acceptors (Lipinski definition) is 5. The molecule has 0 radical (unpaired) electrons. The lowest BCUT2D eigenvalue weighted by atomic mass is 9.96. The smallest absolute Gasteiger partial charge is 0.407 e. The van der Waals surface area contributed by atoms with Gasteiger partial charge in [-0.1, -0.05) is 57.5 Å². The first-order chi connectivity index (χ1) is 14.5. The number of carbonyl (C=O) groups is 2. The zero-order valence-electron chi connectivity index (χ0n) is 20.4. The van der Waals surface area contributed by atoms with Crippen molar-refractivity contribution in [1.82, 2.24) is 10.2 Å². The second-order valence-corrected chi connectivity index (χ2v) is 9.52. The number of nitrogens with zero attached hydrogens (tertiary/aromatic N) is 1. The molecule has 176 valence electrons. The van der Waals surface area contributed by atoms with E-state index in [1.807, 2.05) is 58.2 Å². The Morgan fingerprint density at radius 3 is 2.32 bits per heavy atom. The van der Waals surface area contributed by atoms with Crippen molar-refractivity contribution >= 4 is 12.1 Å². The molecule has 1 amide bonds. The number of esters is 1. The van der Waals surface area contributed by atoms with Gasteiger partial charge in [-0.05, 0) is 64.6 Å². The monoisotopic (exact) mass is 434 g/mol. The first-order valence-corrected chi connectivity index (χ1v) is 11.4. The van der Waals surface area contributed by atoms with Gasteiger partial charge in [0.15, 0.2) is 0 Å². The Labute approximate surface area is 188 Å².